The van der Waals surface area contributed by atoms with E-state index in [9.17, 15) is 9.59 Å². The lowest BCUT2D eigenvalue weighted by molar-refractivity contribution is -0.121. The zero-order valence-corrected chi connectivity index (χ0v) is 17.6. The van der Waals surface area contributed by atoms with Crippen LogP contribution in [0.25, 0.3) is 22.1 Å². The zero-order chi connectivity index (χ0) is 21.3. The highest BCUT2D eigenvalue weighted by Gasteiger charge is 2.25. The van der Waals surface area contributed by atoms with Crippen LogP contribution in [0.2, 0.25) is 5.02 Å². The molecule has 0 unspecified atom stereocenters. The Hall–Kier alpha value is -2.67. The van der Waals surface area contributed by atoms with Crippen LogP contribution < -0.4 is 10.7 Å². The fourth-order valence-corrected chi connectivity index (χ4v) is 4.08. The highest BCUT2D eigenvalue weighted by molar-refractivity contribution is 6.31. The average molecular weight is 427 g/mol. The van der Waals surface area contributed by atoms with E-state index >= 15 is 0 Å². The number of rotatable bonds is 4. The minimum Gasteiger partial charge on any atom is -0.439 e. The van der Waals surface area contributed by atoms with E-state index < -0.39 is 0 Å². The van der Waals surface area contributed by atoms with Gasteiger partial charge >= 0.3 is 0 Å². The minimum atomic E-state index is -0.245. The summed E-state index contributed by atoms with van der Waals surface area (Å²) in [7, 11) is 0. The van der Waals surface area contributed by atoms with Crippen LogP contribution in [-0.4, -0.2) is 42.6 Å². The van der Waals surface area contributed by atoms with Crippen LogP contribution in [0.1, 0.15) is 13.8 Å². The molecular formula is C23H23ClN2O4. The second-order valence-electron chi connectivity index (χ2n) is 7.64. The van der Waals surface area contributed by atoms with Gasteiger partial charge in [-0.1, -0.05) is 41.9 Å². The zero-order valence-electron chi connectivity index (χ0n) is 16.9. The number of morpholine rings is 1. The van der Waals surface area contributed by atoms with Crippen LogP contribution in [0.15, 0.2) is 57.7 Å². The third kappa shape index (κ3) is 4.41. The number of amides is 1. The summed E-state index contributed by atoms with van der Waals surface area (Å²) in [6.07, 6.45) is 0.120. The maximum atomic E-state index is 13.3. The Morgan fingerprint density at radius 1 is 1.13 bits per heavy atom. The summed E-state index contributed by atoms with van der Waals surface area (Å²) in [6.45, 7) is 5.50. The molecule has 1 aromatic heterocycles. The molecule has 4 rings (SSSR count). The Bertz CT molecular complexity index is 1120. The minimum absolute atomic E-state index is 0.0600. The van der Waals surface area contributed by atoms with Gasteiger partial charge < -0.3 is 9.15 Å². The van der Waals surface area contributed by atoms with Crippen LogP contribution in [-0.2, 0) is 9.53 Å². The van der Waals surface area contributed by atoms with Crippen LogP contribution in [0, 0.1) is 0 Å². The highest BCUT2D eigenvalue weighted by Crippen LogP contribution is 2.29. The monoisotopic (exact) mass is 426 g/mol. The van der Waals surface area contributed by atoms with E-state index in [2.05, 4.69) is 5.32 Å². The summed E-state index contributed by atoms with van der Waals surface area (Å²) in [4.78, 5) is 28.1. The molecule has 6 nitrogen and oxygen atoms in total. The van der Waals surface area contributed by atoms with Crippen molar-refractivity contribution >= 4 is 34.4 Å². The number of fused-ring (bicyclic) bond motifs is 1. The van der Waals surface area contributed by atoms with Crippen molar-refractivity contribution in [3.8, 4) is 11.1 Å². The molecule has 1 N–H and O–H groups in total. The van der Waals surface area contributed by atoms with Crippen molar-refractivity contribution in [2.75, 3.05) is 25.0 Å². The first-order valence-corrected chi connectivity index (χ1v) is 10.3. The van der Waals surface area contributed by atoms with E-state index in [-0.39, 0.29) is 36.0 Å². The number of benzene rings is 2. The highest BCUT2D eigenvalue weighted by atomic mass is 35.5. The number of anilines is 1. The lowest BCUT2D eigenvalue weighted by atomic mass is 10.0. The van der Waals surface area contributed by atoms with E-state index in [1.807, 2.05) is 49.1 Å². The molecule has 1 aliphatic rings. The normalized spacial score (nSPS) is 19.7. The summed E-state index contributed by atoms with van der Waals surface area (Å²) < 4.78 is 11.7. The summed E-state index contributed by atoms with van der Waals surface area (Å²) in [5.74, 6) is -0.106. The molecule has 0 aliphatic carbocycles. The smallest absolute Gasteiger partial charge is 0.240 e. The summed E-state index contributed by atoms with van der Waals surface area (Å²) in [5, 5.41) is 3.63. The fraction of sp³-hybridized carbons (Fsp3) is 0.304. The number of carbonyl (C=O) groups excluding carboxylic acids is 1. The molecule has 2 atom stereocenters. The van der Waals surface area contributed by atoms with Gasteiger partial charge in [-0.3, -0.25) is 19.8 Å². The van der Waals surface area contributed by atoms with Gasteiger partial charge in [0.1, 0.15) is 5.58 Å². The molecule has 30 heavy (non-hydrogen) atoms. The van der Waals surface area contributed by atoms with Gasteiger partial charge in [-0.25, -0.2) is 0 Å². The Morgan fingerprint density at radius 2 is 1.83 bits per heavy atom. The molecule has 0 radical (unpaired) electrons. The van der Waals surface area contributed by atoms with E-state index in [0.717, 1.165) is 0 Å². The van der Waals surface area contributed by atoms with Gasteiger partial charge in [-0.15, -0.1) is 0 Å². The molecular weight excluding hydrogens is 404 g/mol. The average Bonchev–Trinajstić information content (AvgIpc) is 2.68. The fourth-order valence-electron chi connectivity index (χ4n) is 3.91. The first-order valence-electron chi connectivity index (χ1n) is 9.90. The third-order valence-electron chi connectivity index (χ3n) is 5.03. The van der Waals surface area contributed by atoms with E-state index in [1.54, 1.807) is 18.2 Å². The molecule has 1 amide bonds. The molecule has 1 aliphatic heterocycles. The van der Waals surface area contributed by atoms with Crippen molar-refractivity contribution in [2.45, 2.75) is 26.1 Å². The SMILES string of the molecule is C[C@@H]1CN(CC(=O)Nc2oc3ccc(Cl)cc3c(=O)c2-c2ccccc2)C[C@@H](C)O1. The van der Waals surface area contributed by atoms with Gasteiger partial charge in [0, 0.05) is 18.1 Å². The van der Waals surface area contributed by atoms with Crippen LogP contribution >= 0.6 is 11.6 Å². The molecule has 0 bridgehead atoms. The van der Waals surface area contributed by atoms with Gasteiger partial charge in [0.2, 0.25) is 17.2 Å². The number of nitrogens with one attached hydrogen (secondary N) is 1. The molecule has 3 aromatic rings. The number of hydrogen-bond acceptors (Lipinski definition) is 5. The van der Waals surface area contributed by atoms with Crippen LogP contribution in [0.4, 0.5) is 5.88 Å². The Morgan fingerprint density at radius 3 is 2.53 bits per heavy atom. The lowest BCUT2D eigenvalue weighted by Crippen LogP contribution is -2.48. The molecule has 156 valence electrons. The maximum absolute atomic E-state index is 13.3. The second-order valence-corrected chi connectivity index (χ2v) is 8.08. The number of ether oxygens (including phenoxy) is 1. The van der Waals surface area contributed by atoms with Crippen LogP contribution in [0.3, 0.4) is 0 Å². The van der Waals surface area contributed by atoms with Gasteiger partial charge in [-0.05, 0) is 37.6 Å². The number of carbonyl (C=O) groups is 1. The Balaban J connectivity index is 1.70. The van der Waals surface area contributed by atoms with Gasteiger partial charge in [0.05, 0.1) is 29.7 Å². The quantitative estimate of drug-likeness (QED) is 0.678. The Labute approximate surface area is 179 Å². The van der Waals surface area contributed by atoms with Crippen molar-refractivity contribution in [3.05, 3.63) is 63.8 Å². The van der Waals surface area contributed by atoms with Crippen molar-refractivity contribution in [1.29, 1.82) is 0 Å². The van der Waals surface area contributed by atoms with E-state index in [0.29, 0.717) is 40.2 Å². The van der Waals surface area contributed by atoms with E-state index in [4.69, 9.17) is 20.8 Å². The maximum Gasteiger partial charge on any atom is 0.240 e. The van der Waals surface area contributed by atoms with Gasteiger partial charge in [-0.2, -0.15) is 0 Å². The van der Waals surface area contributed by atoms with Gasteiger partial charge in [0.15, 0.2) is 0 Å². The topological polar surface area (TPSA) is 71.8 Å². The van der Waals surface area contributed by atoms with Crippen molar-refractivity contribution in [2.24, 2.45) is 0 Å². The predicted molar refractivity (Wildman–Crippen MR) is 118 cm³/mol. The molecule has 1 fully saturated rings. The molecule has 2 heterocycles. The standard InChI is InChI=1S/C23H23ClN2O4/c1-14-11-26(12-15(2)29-14)13-20(27)25-23-21(16-6-4-3-5-7-16)22(28)18-10-17(24)8-9-19(18)30-23/h3-10,14-15H,11-13H2,1-2H3,(H,25,27)/t14-,15-/m1/s1. The second kappa shape index (κ2) is 8.60. The number of nitrogens with zero attached hydrogens (tertiary/aromatic N) is 1. The van der Waals surface area contributed by atoms with E-state index in [1.165, 1.54) is 0 Å². The molecule has 0 spiro atoms. The molecule has 7 heteroatoms. The third-order valence-corrected chi connectivity index (χ3v) is 5.27. The summed E-state index contributed by atoms with van der Waals surface area (Å²) in [6, 6.07) is 14.0. The predicted octanol–water partition coefficient (Wildman–Crippen LogP) is 4.16. The molecule has 0 saturated carbocycles. The summed E-state index contributed by atoms with van der Waals surface area (Å²) >= 11 is 6.08. The first kappa shape index (κ1) is 20.6. The lowest BCUT2D eigenvalue weighted by Gasteiger charge is -2.34. The Kier molecular flexibility index (Phi) is 5.90. The number of hydrogen-bond donors (Lipinski definition) is 1. The van der Waals surface area contributed by atoms with Crippen molar-refractivity contribution in [3.63, 3.8) is 0 Å². The van der Waals surface area contributed by atoms with Gasteiger partial charge in [0.25, 0.3) is 0 Å². The van der Waals surface area contributed by atoms with Crippen molar-refractivity contribution < 1.29 is 13.9 Å². The van der Waals surface area contributed by atoms with Crippen LogP contribution in [0.5, 0.6) is 0 Å². The number of halogens is 1. The molecule has 1 saturated heterocycles. The summed E-state index contributed by atoms with van der Waals surface area (Å²) in [5.41, 5.74) is 1.10. The molecule has 2 aromatic carbocycles. The first-order chi connectivity index (χ1) is 14.4. The van der Waals surface area contributed by atoms with Crippen molar-refractivity contribution in [1.82, 2.24) is 4.90 Å². The largest absolute Gasteiger partial charge is 0.439 e.